The topological polar surface area (TPSA) is 92.6 Å². The van der Waals surface area contributed by atoms with Crippen molar-refractivity contribution in [3.63, 3.8) is 0 Å². The van der Waals surface area contributed by atoms with Gasteiger partial charge in [-0.15, -0.1) is 5.10 Å². The molecule has 1 aliphatic heterocycles. The summed E-state index contributed by atoms with van der Waals surface area (Å²) in [4.78, 5) is 26.1. The van der Waals surface area contributed by atoms with Crippen LogP contribution in [0.25, 0.3) is 0 Å². The minimum atomic E-state index is -0.935. The number of aliphatic carboxylic acids is 1. The van der Waals surface area contributed by atoms with Crippen molar-refractivity contribution in [2.75, 3.05) is 19.8 Å². The van der Waals surface area contributed by atoms with Gasteiger partial charge in [-0.25, -0.2) is 0 Å². The fourth-order valence-corrected chi connectivity index (χ4v) is 3.24. The van der Waals surface area contributed by atoms with Crippen LogP contribution in [-0.4, -0.2) is 57.3 Å². The zero-order chi connectivity index (χ0) is 15.6. The van der Waals surface area contributed by atoms with E-state index in [0.29, 0.717) is 17.1 Å². The van der Waals surface area contributed by atoms with Crippen molar-refractivity contribution in [2.24, 2.45) is 5.92 Å². The van der Waals surface area contributed by atoms with Gasteiger partial charge in [0.2, 0.25) is 0 Å². The van der Waals surface area contributed by atoms with Gasteiger partial charge in [-0.1, -0.05) is 18.3 Å². The SMILES string of the molecule is CCN(C(=O)c1snnc1C(C)C)C1COCC1C(=O)O. The third-order valence-corrected chi connectivity index (χ3v) is 4.35. The molecule has 1 fully saturated rings. The van der Waals surface area contributed by atoms with Gasteiger partial charge in [-0.05, 0) is 24.4 Å². The predicted molar refractivity (Wildman–Crippen MR) is 76.4 cm³/mol. The van der Waals surface area contributed by atoms with Crippen molar-refractivity contribution in [3.05, 3.63) is 10.6 Å². The number of nitrogens with zero attached hydrogens (tertiary/aromatic N) is 3. The van der Waals surface area contributed by atoms with Crippen LogP contribution in [0.1, 0.15) is 42.1 Å². The van der Waals surface area contributed by atoms with E-state index in [1.807, 2.05) is 20.8 Å². The summed E-state index contributed by atoms with van der Waals surface area (Å²) in [6, 6.07) is -0.442. The molecule has 116 valence electrons. The number of aromatic nitrogens is 2. The highest BCUT2D eigenvalue weighted by molar-refractivity contribution is 7.08. The lowest BCUT2D eigenvalue weighted by Crippen LogP contribution is -2.46. The van der Waals surface area contributed by atoms with Crippen molar-refractivity contribution in [3.8, 4) is 0 Å². The highest BCUT2D eigenvalue weighted by Crippen LogP contribution is 2.26. The van der Waals surface area contributed by atoms with Gasteiger partial charge in [-0.2, -0.15) is 0 Å². The number of carbonyl (C=O) groups is 2. The van der Waals surface area contributed by atoms with Crippen LogP contribution in [0.4, 0.5) is 0 Å². The molecule has 2 unspecified atom stereocenters. The number of ether oxygens (including phenoxy) is 1. The number of rotatable bonds is 5. The van der Waals surface area contributed by atoms with E-state index < -0.39 is 17.9 Å². The van der Waals surface area contributed by atoms with Gasteiger partial charge >= 0.3 is 5.97 Å². The molecule has 0 bridgehead atoms. The number of carbonyl (C=O) groups excluding carboxylic acids is 1. The molecule has 8 heteroatoms. The first-order valence-corrected chi connectivity index (χ1v) is 7.68. The number of carboxylic acid groups (broad SMARTS) is 1. The molecule has 0 aliphatic carbocycles. The molecular formula is C13H19N3O4S. The van der Waals surface area contributed by atoms with Gasteiger partial charge < -0.3 is 14.7 Å². The molecule has 2 heterocycles. The Kier molecular flexibility index (Phi) is 4.89. The Morgan fingerprint density at radius 3 is 2.76 bits per heavy atom. The van der Waals surface area contributed by atoms with Crippen molar-refractivity contribution in [1.29, 1.82) is 0 Å². The Balaban J connectivity index is 2.26. The van der Waals surface area contributed by atoms with Crippen LogP contribution < -0.4 is 0 Å². The molecule has 21 heavy (non-hydrogen) atoms. The van der Waals surface area contributed by atoms with Crippen molar-refractivity contribution in [2.45, 2.75) is 32.7 Å². The molecular weight excluding hydrogens is 294 g/mol. The molecule has 1 saturated heterocycles. The van der Waals surface area contributed by atoms with Gasteiger partial charge in [0, 0.05) is 6.54 Å². The Hall–Kier alpha value is -1.54. The summed E-state index contributed by atoms with van der Waals surface area (Å²) in [6.07, 6.45) is 0. The van der Waals surface area contributed by atoms with Gasteiger partial charge in [0.25, 0.3) is 5.91 Å². The van der Waals surface area contributed by atoms with E-state index in [1.165, 1.54) is 0 Å². The zero-order valence-electron chi connectivity index (χ0n) is 12.3. The molecule has 1 aromatic heterocycles. The van der Waals surface area contributed by atoms with E-state index in [0.717, 1.165) is 11.5 Å². The Bertz CT molecular complexity index is 531. The average molecular weight is 313 g/mol. The molecule has 7 nitrogen and oxygen atoms in total. The first-order chi connectivity index (χ1) is 9.97. The summed E-state index contributed by atoms with van der Waals surface area (Å²) >= 11 is 1.06. The number of carboxylic acids is 1. The molecule has 1 aliphatic rings. The lowest BCUT2D eigenvalue weighted by Gasteiger charge is -2.29. The second-order valence-corrected chi connectivity index (χ2v) is 6.04. The highest BCUT2D eigenvalue weighted by atomic mass is 32.1. The minimum absolute atomic E-state index is 0.0940. The third kappa shape index (κ3) is 3.06. The molecule has 1 amide bonds. The molecule has 2 rings (SSSR count). The van der Waals surface area contributed by atoms with Crippen LogP contribution in [0, 0.1) is 5.92 Å². The van der Waals surface area contributed by atoms with Crippen LogP contribution in [0.2, 0.25) is 0 Å². The lowest BCUT2D eigenvalue weighted by atomic mass is 10.0. The minimum Gasteiger partial charge on any atom is -0.481 e. The summed E-state index contributed by atoms with van der Waals surface area (Å²) < 4.78 is 9.11. The molecule has 2 atom stereocenters. The maximum atomic E-state index is 12.7. The number of likely N-dealkylation sites (N-methyl/N-ethyl adjacent to an activating group) is 1. The van der Waals surface area contributed by atoms with E-state index in [9.17, 15) is 14.7 Å². The van der Waals surface area contributed by atoms with Crippen molar-refractivity contribution < 1.29 is 19.4 Å². The van der Waals surface area contributed by atoms with Crippen LogP contribution in [-0.2, 0) is 9.53 Å². The second kappa shape index (κ2) is 6.48. The summed E-state index contributed by atoms with van der Waals surface area (Å²) in [5, 5.41) is 13.3. The molecule has 1 aromatic rings. The highest BCUT2D eigenvalue weighted by Gasteiger charge is 2.40. The second-order valence-electron chi connectivity index (χ2n) is 5.28. The Labute approximate surface area is 127 Å². The van der Waals surface area contributed by atoms with E-state index in [-0.39, 0.29) is 25.0 Å². The Morgan fingerprint density at radius 2 is 2.19 bits per heavy atom. The largest absolute Gasteiger partial charge is 0.481 e. The normalized spacial score (nSPS) is 21.7. The van der Waals surface area contributed by atoms with E-state index >= 15 is 0 Å². The fraction of sp³-hybridized carbons (Fsp3) is 0.692. The maximum Gasteiger partial charge on any atom is 0.311 e. The van der Waals surface area contributed by atoms with E-state index in [2.05, 4.69) is 9.59 Å². The van der Waals surface area contributed by atoms with Crippen LogP contribution in [0.15, 0.2) is 0 Å². The maximum absolute atomic E-state index is 12.7. The monoisotopic (exact) mass is 313 g/mol. The quantitative estimate of drug-likeness (QED) is 0.878. The molecule has 1 N–H and O–H groups in total. The van der Waals surface area contributed by atoms with Gasteiger partial charge in [-0.3, -0.25) is 9.59 Å². The molecule has 0 saturated carbocycles. The molecule has 0 spiro atoms. The van der Waals surface area contributed by atoms with Crippen molar-refractivity contribution in [1.82, 2.24) is 14.5 Å². The fourth-order valence-electron chi connectivity index (χ4n) is 2.47. The lowest BCUT2D eigenvalue weighted by molar-refractivity contribution is -0.142. The van der Waals surface area contributed by atoms with Gasteiger partial charge in [0.05, 0.1) is 24.9 Å². The smallest absolute Gasteiger partial charge is 0.311 e. The van der Waals surface area contributed by atoms with Crippen molar-refractivity contribution >= 4 is 23.4 Å². The predicted octanol–water partition coefficient (Wildman–Crippen LogP) is 1.22. The number of amides is 1. The van der Waals surface area contributed by atoms with Crippen LogP contribution >= 0.6 is 11.5 Å². The first-order valence-electron chi connectivity index (χ1n) is 6.91. The summed E-state index contributed by atoms with van der Waals surface area (Å²) in [7, 11) is 0. The Morgan fingerprint density at radius 1 is 1.48 bits per heavy atom. The average Bonchev–Trinajstić information content (AvgIpc) is 3.08. The first kappa shape index (κ1) is 15.8. The van der Waals surface area contributed by atoms with Gasteiger partial charge in [0.1, 0.15) is 10.8 Å². The van der Waals surface area contributed by atoms with E-state index in [4.69, 9.17) is 4.74 Å². The standard InChI is InChI=1S/C13H19N3O4S/c1-4-16(9-6-20-5-8(9)13(18)19)12(17)11-10(7(2)3)14-15-21-11/h7-9H,4-6H2,1-3H3,(H,18,19). The van der Waals surface area contributed by atoms with E-state index in [1.54, 1.807) is 4.90 Å². The molecule has 0 radical (unpaired) electrons. The summed E-state index contributed by atoms with van der Waals surface area (Å²) in [6.45, 7) is 6.54. The zero-order valence-corrected chi connectivity index (χ0v) is 13.1. The van der Waals surface area contributed by atoms with Crippen LogP contribution in [0.3, 0.4) is 0 Å². The molecule has 0 aromatic carbocycles. The van der Waals surface area contributed by atoms with Gasteiger partial charge in [0.15, 0.2) is 0 Å². The summed E-state index contributed by atoms with van der Waals surface area (Å²) in [5.74, 6) is -1.73. The van der Waals surface area contributed by atoms with Crippen LogP contribution in [0.5, 0.6) is 0 Å². The number of hydrogen-bond donors (Lipinski definition) is 1. The number of hydrogen-bond acceptors (Lipinski definition) is 6. The summed E-state index contributed by atoms with van der Waals surface area (Å²) in [5.41, 5.74) is 0.661. The third-order valence-electron chi connectivity index (χ3n) is 3.62.